The highest BCUT2D eigenvalue weighted by Gasteiger charge is 2.04. The molecule has 0 bridgehead atoms. The Morgan fingerprint density at radius 2 is 1.88 bits per heavy atom. The zero-order chi connectivity index (χ0) is 16.8. The molecule has 2 aromatic carbocycles. The molecule has 5 nitrogen and oxygen atoms in total. The van der Waals surface area contributed by atoms with Crippen molar-refractivity contribution in [3.63, 3.8) is 0 Å². The van der Waals surface area contributed by atoms with E-state index in [1.807, 2.05) is 48.5 Å². The summed E-state index contributed by atoms with van der Waals surface area (Å²) in [6.07, 6.45) is 1.61. The molecule has 6 heteroatoms. The number of fused-ring (bicyclic) bond motifs is 1. The number of imidazole rings is 1. The van der Waals surface area contributed by atoms with Gasteiger partial charge in [0.1, 0.15) is 5.82 Å². The Labute approximate surface area is 145 Å². The fourth-order valence-corrected chi connectivity index (χ4v) is 2.66. The zero-order valence-corrected chi connectivity index (χ0v) is 13.9. The van der Waals surface area contributed by atoms with Gasteiger partial charge in [-0.05, 0) is 30.2 Å². The minimum absolute atomic E-state index is 0.195. The lowest BCUT2D eigenvalue weighted by Gasteiger charge is -2.08. The number of nitrogens with zero attached hydrogens (tertiary/aromatic N) is 1. The lowest BCUT2D eigenvalue weighted by Crippen LogP contribution is -2.35. The Hall–Kier alpha value is -2.53. The average Bonchev–Trinajstić information content (AvgIpc) is 3.01. The SMILES string of the molecule is O=C(NCCCc1nc2ccccc2[nH]1)NCc1ccccc1Cl. The fourth-order valence-electron chi connectivity index (χ4n) is 2.46. The van der Waals surface area contributed by atoms with Crippen LogP contribution < -0.4 is 10.6 Å². The van der Waals surface area contributed by atoms with Crippen LogP contribution in [-0.4, -0.2) is 22.5 Å². The summed E-state index contributed by atoms with van der Waals surface area (Å²) in [7, 11) is 0. The first kappa shape index (κ1) is 16.3. The average molecular weight is 343 g/mol. The van der Waals surface area contributed by atoms with Crippen molar-refractivity contribution < 1.29 is 4.79 Å². The molecule has 0 saturated carbocycles. The van der Waals surface area contributed by atoms with Crippen molar-refractivity contribution in [2.45, 2.75) is 19.4 Å². The standard InChI is InChI=1S/C18H19ClN4O/c19-14-7-2-1-6-13(14)12-21-18(24)20-11-5-10-17-22-15-8-3-4-9-16(15)23-17/h1-4,6-9H,5,10-12H2,(H,22,23)(H2,20,21,24). The van der Waals surface area contributed by atoms with Crippen molar-refractivity contribution in [2.24, 2.45) is 0 Å². The van der Waals surface area contributed by atoms with Crippen LogP contribution in [0, 0.1) is 0 Å². The second-order valence-corrected chi connectivity index (χ2v) is 5.91. The van der Waals surface area contributed by atoms with Gasteiger partial charge in [0.25, 0.3) is 0 Å². The Morgan fingerprint density at radius 3 is 2.71 bits per heavy atom. The van der Waals surface area contributed by atoms with E-state index in [4.69, 9.17) is 11.6 Å². The number of para-hydroxylation sites is 2. The number of hydrogen-bond acceptors (Lipinski definition) is 2. The summed E-state index contributed by atoms with van der Waals surface area (Å²) in [5.41, 5.74) is 2.91. The van der Waals surface area contributed by atoms with E-state index in [2.05, 4.69) is 20.6 Å². The second-order valence-electron chi connectivity index (χ2n) is 5.51. The highest BCUT2D eigenvalue weighted by atomic mass is 35.5. The Balaban J connectivity index is 1.38. The molecule has 0 fully saturated rings. The molecule has 3 N–H and O–H groups in total. The van der Waals surface area contributed by atoms with E-state index in [0.29, 0.717) is 18.1 Å². The zero-order valence-electron chi connectivity index (χ0n) is 13.2. The minimum Gasteiger partial charge on any atom is -0.342 e. The van der Waals surface area contributed by atoms with E-state index in [0.717, 1.165) is 35.3 Å². The van der Waals surface area contributed by atoms with Gasteiger partial charge in [0.05, 0.1) is 11.0 Å². The van der Waals surface area contributed by atoms with Crippen molar-refractivity contribution >= 4 is 28.7 Å². The molecule has 0 atom stereocenters. The molecular weight excluding hydrogens is 324 g/mol. The summed E-state index contributed by atoms with van der Waals surface area (Å²) in [5, 5.41) is 6.30. The summed E-state index contributed by atoms with van der Waals surface area (Å²) in [5.74, 6) is 0.939. The van der Waals surface area contributed by atoms with Crippen LogP contribution >= 0.6 is 11.6 Å². The fraction of sp³-hybridized carbons (Fsp3) is 0.222. The number of benzene rings is 2. The number of rotatable bonds is 6. The van der Waals surface area contributed by atoms with Crippen molar-refractivity contribution in [1.29, 1.82) is 0 Å². The van der Waals surface area contributed by atoms with Crippen LogP contribution in [0.5, 0.6) is 0 Å². The first-order chi connectivity index (χ1) is 11.7. The van der Waals surface area contributed by atoms with E-state index in [-0.39, 0.29) is 6.03 Å². The van der Waals surface area contributed by atoms with Gasteiger partial charge in [0.15, 0.2) is 0 Å². The molecule has 0 spiro atoms. The first-order valence-corrected chi connectivity index (χ1v) is 8.29. The topological polar surface area (TPSA) is 69.8 Å². The van der Waals surface area contributed by atoms with Gasteiger partial charge in [0.2, 0.25) is 0 Å². The number of aromatic amines is 1. The minimum atomic E-state index is -0.195. The van der Waals surface area contributed by atoms with Crippen LogP contribution in [0.25, 0.3) is 11.0 Å². The first-order valence-electron chi connectivity index (χ1n) is 7.91. The van der Waals surface area contributed by atoms with Gasteiger partial charge in [0, 0.05) is 24.5 Å². The molecule has 3 aromatic rings. The summed E-state index contributed by atoms with van der Waals surface area (Å²) in [6, 6.07) is 15.2. The quantitative estimate of drug-likeness (QED) is 0.598. The Kier molecular flexibility index (Phi) is 5.33. The van der Waals surface area contributed by atoms with E-state index in [1.165, 1.54) is 0 Å². The normalized spacial score (nSPS) is 10.7. The van der Waals surface area contributed by atoms with Gasteiger partial charge < -0.3 is 15.6 Å². The molecule has 3 rings (SSSR count). The molecular formula is C18H19ClN4O. The van der Waals surface area contributed by atoms with Gasteiger partial charge in [-0.15, -0.1) is 0 Å². The third-order valence-electron chi connectivity index (χ3n) is 3.71. The highest BCUT2D eigenvalue weighted by molar-refractivity contribution is 6.31. The number of carbonyl (C=O) groups is 1. The van der Waals surface area contributed by atoms with Crippen LogP contribution in [0.2, 0.25) is 5.02 Å². The van der Waals surface area contributed by atoms with Crippen molar-refractivity contribution in [1.82, 2.24) is 20.6 Å². The molecule has 0 aliphatic carbocycles. The summed E-state index contributed by atoms with van der Waals surface area (Å²) in [4.78, 5) is 19.6. The Morgan fingerprint density at radius 1 is 1.08 bits per heavy atom. The second kappa shape index (κ2) is 7.84. The summed E-state index contributed by atoms with van der Waals surface area (Å²) in [6.45, 7) is 1.00. The van der Waals surface area contributed by atoms with E-state index >= 15 is 0 Å². The van der Waals surface area contributed by atoms with E-state index in [9.17, 15) is 4.79 Å². The molecule has 124 valence electrons. The third kappa shape index (κ3) is 4.26. The highest BCUT2D eigenvalue weighted by Crippen LogP contribution is 2.14. The summed E-state index contributed by atoms with van der Waals surface area (Å²) >= 11 is 6.05. The predicted molar refractivity (Wildman–Crippen MR) is 96.1 cm³/mol. The lowest BCUT2D eigenvalue weighted by molar-refractivity contribution is 0.240. The molecule has 24 heavy (non-hydrogen) atoms. The number of aromatic nitrogens is 2. The van der Waals surface area contributed by atoms with Gasteiger partial charge in [-0.1, -0.05) is 41.9 Å². The maximum Gasteiger partial charge on any atom is 0.315 e. The number of halogens is 1. The van der Waals surface area contributed by atoms with Gasteiger partial charge >= 0.3 is 6.03 Å². The van der Waals surface area contributed by atoms with Crippen LogP contribution in [0.15, 0.2) is 48.5 Å². The van der Waals surface area contributed by atoms with Crippen molar-refractivity contribution in [3.8, 4) is 0 Å². The predicted octanol–water partition coefficient (Wildman–Crippen LogP) is 3.65. The van der Waals surface area contributed by atoms with Crippen LogP contribution in [0.3, 0.4) is 0 Å². The van der Waals surface area contributed by atoms with Crippen molar-refractivity contribution in [3.05, 3.63) is 64.9 Å². The van der Waals surface area contributed by atoms with Crippen LogP contribution in [0.1, 0.15) is 17.8 Å². The van der Waals surface area contributed by atoms with Crippen LogP contribution in [-0.2, 0) is 13.0 Å². The third-order valence-corrected chi connectivity index (χ3v) is 4.08. The number of hydrogen-bond donors (Lipinski definition) is 3. The number of carbonyl (C=O) groups excluding carboxylic acids is 1. The van der Waals surface area contributed by atoms with E-state index in [1.54, 1.807) is 0 Å². The lowest BCUT2D eigenvalue weighted by atomic mass is 10.2. The Bertz CT molecular complexity index is 798. The molecule has 0 aliphatic rings. The van der Waals surface area contributed by atoms with Gasteiger partial charge in [-0.2, -0.15) is 0 Å². The molecule has 0 unspecified atom stereocenters. The van der Waals surface area contributed by atoms with Gasteiger partial charge in [-0.25, -0.2) is 9.78 Å². The van der Waals surface area contributed by atoms with Crippen LogP contribution in [0.4, 0.5) is 4.79 Å². The molecule has 0 saturated heterocycles. The van der Waals surface area contributed by atoms with Crippen molar-refractivity contribution in [2.75, 3.05) is 6.54 Å². The maximum absolute atomic E-state index is 11.8. The van der Waals surface area contributed by atoms with E-state index < -0.39 is 0 Å². The maximum atomic E-state index is 11.8. The number of aryl methyl sites for hydroxylation is 1. The molecule has 1 heterocycles. The van der Waals surface area contributed by atoms with Gasteiger partial charge in [-0.3, -0.25) is 0 Å². The smallest absolute Gasteiger partial charge is 0.315 e. The summed E-state index contributed by atoms with van der Waals surface area (Å²) < 4.78 is 0. The molecule has 1 aromatic heterocycles. The largest absolute Gasteiger partial charge is 0.342 e. The number of urea groups is 1. The number of amides is 2. The number of H-pyrrole nitrogens is 1. The number of nitrogens with one attached hydrogen (secondary N) is 3. The monoisotopic (exact) mass is 342 g/mol. The molecule has 0 radical (unpaired) electrons. The molecule has 2 amide bonds. The molecule has 0 aliphatic heterocycles.